The molecule has 0 saturated carbocycles. The minimum absolute atomic E-state index is 0.0264. The van der Waals surface area contributed by atoms with Crippen molar-refractivity contribution in [1.29, 1.82) is 0 Å². The van der Waals surface area contributed by atoms with Crippen LogP contribution in [0.2, 0.25) is 10.0 Å². The minimum Gasteiger partial charge on any atom is -0.494 e. The van der Waals surface area contributed by atoms with Crippen LogP contribution in [0.15, 0.2) is 77.7 Å². The molecule has 0 bridgehead atoms. The number of halogens is 2. The summed E-state index contributed by atoms with van der Waals surface area (Å²) in [7, 11) is -4.17. The maximum Gasteiger partial charge on any atom is 0.264 e. The molecule has 11 heteroatoms. The molecule has 0 heterocycles. The number of carbonyl (C=O) groups excluding carboxylic acids is 2. The van der Waals surface area contributed by atoms with E-state index in [1.165, 1.54) is 17.0 Å². The Morgan fingerprint density at radius 1 is 0.951 bits per heavy atom. The molecular weight excluding hydrogens is 585 g/mol. The molecule has 0 radical (unpaired) electrons. The van der Waals surface area contributed by atoms with E-state index >= 15 is 0 Å². The molecule has 0 saturated heterocycles. The van der Waals surface area contributed by atoms with Crippen LogP contribution in [0.3, 0.4) is 0 Å². The molecule has 1 N–H and O–H groups in total. The summed E-state index contributed by atoms with van der Waals surface area (Å²) in [6.45, 7) is 7.16. The van der Waals surface area contributed by atoms with E-state index in [1.54, 1.807) is 67.6 Å². The lowest BCUT2D eigenvalue weighted by atomic mass is 10.1. The van der Waals surface area contributed by atoms with Gasteiger partial charge in [0, 0.05) is 22.6 Å². The number of rotatable bonds is 13. The van der Waals surface area contributed by atoms with Crippen molar-refractivity contribution in [2.24, 2.45) is 0 Å². The summed E-state index contributed by atoms with van der Waals surface area (Å²) >= 11 is 12.5. The Balaban J connectivity index is 2.07. The van der Waals surface area contributed by atoms with Crippen LogP contribution in [-0.2, 0) is 26.2 Å². The second-order valence-electron chi connectivity index (χ2n) is 9.60. The minimum atomic E-state index is -4.17. The summed E-state index contributed by atoms with van der Waals surface area (Å²) in [5, 5.41) is 3.62. The van der Waals surface area contributed by atoms with Crippen LogP contribution in [0.4, 0.5) is 5.69 Å². The lowest BCUT2D eigenvalue weighted by molar-refractivity contribution is -0.140. The van der Waals surface area contributed by atoms with Crippen LogP contribution in [0.25, 0.3) is 0 Å². The number of hydrogen-bond acceptors (Lipinski definition) is 5. The Morgan fingerprint density at radius 2 is 1.61 bits per heavy atom. The number of amides is 2. The van der Waals surface area contributed by atoms with Gasteiger partial charge in [0.25, 0.3) is 10.0 Å². The monoisotopic (exact) mass is 619 g/mol. The second kappa shape index (κ2) is 14.6. The van der Waals surface area contributed by atoms with E-state index < -0.39 is 28.5 Å². The Labute approximate surface area is 252 Å². The highest BCUT2D eigenvalue weighted by atomic mass is 35.5. The van der Waals surface area contributed by atoms with Crippen LogP contribution in [0, 0.1) is 0 Å². The van der Waals surface area contributed by atoms with Crippen molar-refractivity contribution in [2.75, 3.05) is 17.5 Å². The largest absolute Gasteiger partial charge is 0.494 e. The molecule has 0 fully saturated rings. The average molecular weight is 621 g/mol. The Bertz CT molecular complexity index is 1430. The molecule has 0 unspecified atom stereocenters. The van der Waals surface area contributed by atoms with E-state index in [0.717, 1.165) is 4.31 Å². The molecule has 41 heavy (non-hydrogen) atoms. The highest BCUT2D eigenvalue weighted by molar-refractivity contribution is 7.92. The van der Waals surface area contributed by atoms with Crippen molar-refractivity contribution in [3.05, 3.63) is 88.4 Å². The third kappa shape index (κ3) is 8.38. The van der Waals surface area contributed by atoms with Gasteiger partial charge in [-0.3, -0.25) is 13.9 Å². The molecule has 0 aliphatic rings. The van der Waals surface area contributed by atoms with Crippen LogP contribution >= 0.6 is 23.2 Å². The number of carbonyl (C=O) groups is 2. The fraction of sp³-hybridized carbons (Fsp3) is 0.333. The fourth-order valence-corrected chi connectivity index (χ4v) is 6.16. The van der Waals surface area contributed by atoms with Crippen molar-refractivity contribution in [1.82, 2.24) is 10.2 Å². The molecule has 0 aromatic heterocycles. The van der Waals surface area contributed by atoms with Crippen molar-refractivity contribution in [3.8, 4) is 5.75 Å². The summed E-state index contributed by atoms with van der Waals surface area (Å²) in [5.74, 6) is -0.357. The molecule has 220 valence electrons. The van der Waals surface area contributed by atoms with Crippen molar-refractivity contribution in [3.63, 3.8) is 0 Å². The number of ether oxygens (including phenoxy) is 1. The van der Waals surface area contributed by atoms with Crippen molar-refractivity contribution < 1.29 is 22.7 Å². The number of sulfonamides is 1. The summed E-state index contributed by atoms with van der Waals surface area (Å²) in [6, 6.07) is 18.2. The zero-order chi connectivity index (χ0) is 30.2. The van der Waals surface area contributed by atoms with Gasteiger partial charge in [-0.2, -0.15) is 0 Å². The molecule has 2 amide bonds. The van der Waals surface area contributed by atoms with Crippen LogP contribution < -0.4 is 14.4 Å². The first-order valence-corrected chi connectivity index (χ1v) is 15.5. The van der Waals surface area contributed by atoms with Crippen LogP contribution in [0.5, 0.6) is 5.75 Å². The number of benzene rings is 3. The predicted octanol–water partition coefficient (Wildman–Crippen LogP) is 5.92. The first kappa shape index (κ1) is 32.2. The first-order valence-electron chi connectivity index (χ1n) is 13.3. The molecule has 3 rings (SSSR count). The zero-order valence-corrected chi connectivity index (χ0v) is 25.8. The lowest BCUT2D eigenvalue weighted by Crippen LogP contribution is -2.53. The van der Waals surface area contributed by atoms with E-state index in [1.807, 2.05) is 20.8 Å². The quantitative estimate of drug-likeness (QED) is 0.256. The third-order valence-electron chi connectivity index (χ3n) is 6.22. The maximum absolute atomic E-state index is 14.1. The van der Waals surface area contributed by atoms with Gasteiger partial charge in [0.05, 0.1) is 17.2 Å². The number of hydrogen-bond donors (Lipinski definition) is 1. The van der Waals surface area contributed by atoms with Crippen molar-refractivity contribution >= 4 is 50.7 Å². The third-order valence-corrected chi connectivity index (χ3v) is 8.59. The fourth-order valence-electron chi connectivity index (χ4n) is 4.26. The van der Waals surface area contributed by atoms with Gasteiger partial charge in [-0.1, -0.05) is 54.4 Å². The van der Waals surface area contributed by atoms with Gasteiger partial charge in [0.2, 0.25) is 11.8 Å². The van der Waals surface area contributed by atoms with E-state index in [0.29, 0.717) is 34.4 Å². The van der Waals surface area contributed by atoms with Gasteiger partial charge < -0.3 is 15.0 Å². The highest BCUT2D eigenvalue weighted by Crippen LogP contribution is 2.28. The van der Waals surface area contributed by atoms with E-state index in [9.17, 15) is 18.0 Å². The molecule has 1 atom stereocenters. The summed E-state index contributed by atoms with van der Waals surface area (Å²) in [5.41, 5.74) is 0.841. The van der Waals surface area contributed by atoms with Gasteiger partial charge in [-0.15, -0.1) is 0 Å². The number of nitrogens with one attached hydrogen (secondary N) is 1. The average Bonchev–Trinajstić information content (AvgIpc) is 2.93. The summed E-state index contributed by atoms with van der Waals surface area (Å²) < 4.78 is 34.3. The van der Waals surface area contributed by atoms with E-state index in [4.69, 9.17) is 27.9 Å². The second-order valence-corrected chi connectivity index (χ2v) is 12.3. The Hall–Kier alpha value is -3.27. The zero-order valence-electron chi connectivity index (χ0n) is 23.5. The standard InChI is InChI=1S/C30H35Cl2N3O5S/c1-5-28(30(37)33-21(3)4)34(19-22-12-13-23(31)18-27(22)32)29(36)20-35(24-14-16-25(17-15-24)40-6-2)41(38,39)26-10-8-7-9-11-26/h7-18,21,28H,5-6,19-20H2,1-4H3,(H,33,37)/t28-/m0/s1. The van der Waals surface area contributed by atoms with Crippen molar-refractivity contribution in [2.45, 2.75) is 57.6 Å². The molecule has 0 aliphatic carbocycles. The van der Waals surface area contributed by atoms with Gasteiger partial charge in [0.15, 0.2) is 0 Å². The van der Waals surface area contributed by atoms with Crippen LogP contribution in [-0.4, -0.2) is 50.4 Å². The molecule has 8 nitrogen and oxygen atoms in total. The smallest absolute Gasteiger partial charge is 0.264 e. The highest BCUT2D eigenvalue weighted by Gasteiger charge is 2.34. The summed E-state index contributed by atoms with van der Waals surface area (Å²) in [4.78, 5) is 28.7. The predicted molar refractivity (Wildman–Crippen MR) is 163 cm³/mol. The summed E-state index contributed by atoms with van der Waals surface area (Å²) in [6.07, 6.45) is 0.296. The number of nitrogens with zero attached hydrogens (tertiary/aromatic N) is 2. The molecule has 3 aromatic carbocycles. The van der Waals surface area contributed by atoms with E-state index in [-0.39, 0.29) is 29.1 Å². The van der Waals surface area contributed by atoms with Gasteiger partial charge in [-0.25, -0.2) is 8.42 Å². The van der Waals surface area contributed by atoms with Crippen LogP contribution in [0.1, 0.15) is 39.7 Å². The first-order chi connectivity index (χ1) is 19.5. The van der Waals surface area contributed by atoms with Gasteiger partial charge in [0.1, 0.15) is 18.3 Å². The normalized spacial score (nSPS) is 12.1. The Morgan fingerprint density at radius 3 is 2.17 bits per heavy atom. The molecule has 0 aliphatic heterocycles. The topological polar surface area (TPSA) is 96.0 Å². The lowest BCUT2D eigenvalue weighted by Gasteiger charge is -2.33. The molecule has 0 spiro atoms. The van der Waals surface area contributed by atoms with Gasteiger partial charge >= 0.3 is 0 Å². The maximum atomic E-state index is 14.1. The SMILES string of the molecule is CCOc1ccc(N(CC(=O)N(Cc2ccc(Cl)cc2Cl)[C@@H](CC)C(=O)NC(C)C)S(=O)(=O)c2ccccc2)cc1. The number of anilines is 1. The molecule has 3 aromatic rings. The van der Waals surface area contributed by atoms with Gasteiger partial charge in [-0.05, 0) is 81.3 Å². The molecular formula is C30H35Cl2N3O5S. The Kier molecular flexibility index (Phi) is 11.5. The van der Waals surface area contributed by atoms with E-state index in [2.05, 4.69) is 5.32 Å².